The first kappa shape index (κ1) is 13.6. The molecule has 0 radical (unpaired) electrons. The summed E-state index contributed by atoms with van der Waals surface area (Å²) in [6.07, 6.45) is 1.12. The third kappa shape index (κ3) is 2.67. The van der Waals surface area contributed by atoms with E-state index in [1.807, 2.05) is 6.07 Å². The molecule has 4 rings (SSSR count). The van der Waals surface area contributed by atoms with Gasteiger partial charge in [0, 0.05) is 19.1 Å². The largest absolute Gasteiger partial charge is 0.454 e. The lowest BCUT2D eigenvalue weighted by atomic mass is 9.94. The lowest BCUT2D eigenvalue weighted by Crippen LogP contribution is -2.36. The molecule has 1 atom stereocenters. The maximum atomic E-state index is 5.42. The average molecular weight is 296 g/mol. The Bertz CT molecular complexity index is 672. The van der Waals surface area contributed by atoms with Crippen LogP contribution in [0, 0.1) is 0 Å². The van der Waals surface area contributed by atoms with Crippen molar-refractivity contribution >= 4 is 0 Å². The number of hydrogen-bond acceptors (Lipinski definition) is 4. The normalized spacial score (nSPS) is 19.0. The zero-order valence-corrected chi connectivity index (χ0v) is 12.5. The van der Waals surface area contributed by atoms with Crippen LogP contribution < -0.4 is 20.1 Å². The smallest absolute Gasteiger partial charge is 0.231 e. The van der Waals surface area contributed by atoms with Gasteiger partial charge in [-0.05, 0) is 41.8 Å². The highest BCUT2D eigenvalue weighted by Gasteiger charge is 2.18. The zero-order valence-electron chi connectivity index (χ0n) is 12.5. The van der Waals surface area contributed by atoms with Crippen LogP contribution in [0.2, 0.25) is 0 Å². The number of ether oxygens (including phenoxy) is 2. The van der Waals surface area contributed by atoms with Gasteiger partial charge in [-0.15, -0.1) is 0 Å². The van der Waals surface area contributed by atoms with Crippen LogP contribution in [-0.2, 0) is 13.0 Å². The van der Waals surface area contributed by atoms with Crippen molar-refractivity contribution in [2.75, 3.05) is 19.9 Å². The van der Waals surface area contributed by atoms with E-state index in [4.69, 9.17) is 9.47 Å². The van der Waals surface area contributed by atoms with Crippen LogP contribution in [0.15, 0.2) is 42.5 Å². The highest BCUT2D eigenvalue weighted by molar-refractivity contribution is 5.44. The van der Waals surface area contributed by atoms with Gasteiger partial charge in [-0.2, -0.15) is 0 Å². The Morgan fingerprint density at radius 3 is 3.00 bits per heavy atom. The first-order valence-corrected chi connectivity index (χ1v) is 7.80. The lowest BCUT2D eigenvalue weighted by Gasteiger charge is -2.27. The molecule has 0 spiro atoms. The van der Waals surface area contributed by atoms with Crippen LogP contribution >= 0.6 is 0 Å². The third-order valence-corrected chi connectivity index (χ3v) is 4.33. The molecule has 1 unspecified atom stereocenters. The Hall–Kier alpha value is -2.04. The van der Waals surface area contributed by atoms with Crippen molar-refractivity contribution < 1.29 is 9.47 Å². The molecular formula is C18H20N2O2. The van der Waals surface area contributed by atoms with Gasteiger partial charge in [0.2, 0.25) is 6.79 Å². The highest BCUT2D eigenvalue weighted by atomic mass is 16.7. The van der Waals surface area contributed by atoms with E-state index in [-0.39, 0.29) is 0 Å². The molecule has 2 heterocycles. The molecule has 0 amide bonds. The monoisotopic (exact) mass is 296 g/mol. The molecule has 2 aromatic carbocycles. The van der Waals surface area contributed by atoms with Crippen LogP contribution in [0.3, 0.4) is 0 Å². The van der Waals surface area contributed by atoms with Gasteiger partial charge in [-0.3, -0.25) is 0 Å². The van der Waals surface area contributed by atoms with Crippen LogP contribution in [0.1, 0.15) is 22.7 Å². The summed E-state index contributed by atoms with van der Waals surface area (Å²) < 4.78 is 10.8. The molecule has 0 fully saturated rings. The lowest BCUT2D eigenvalue weighted by molar-refractivity contribution is 0.174. The molecule has 0 saturated carbocycles. The summed E-state index contributed by atoms with van der Waals surface area (Å²) in [5, 5.41) is 7.14. The quantitative estimate of drug-likeness (QED) is 0.909. The second-order valence-electron chi connectivity index (χ2n) is 5.77. The second kappa shape index (κ2) is 5.99. The first-order valence-electron chi connectivity index (χ1n) is 7.80. The third-order valence-electron chi connectivity index (χ3n) is 4.33. The molecule has 4 heteroatoms. The van der Waals surface area contributed by atoms with E-state index in [1.54, 1.807) is 0 Å². The minimum absolute atomic E-state index is 0.328. The molecule has 0 bridgehead atoms. The second-order valence-corrected chi connectivity index (χ2v) is 5.77. The van der Waals surface area contributed by atoms with Gasteiger partial charge < -0.3 is 20.1 Å². The SMILES string of the molecule is c1ccc2c(c1)CCNC2CNCc1ccc2c(c1)OCO2. The molecule has 0 aromatic heterocycles. The average Bonchev–Trinajstić information content (AvgIpc) is 3.03. The van der Waals surface area contributed by atoms with Crippen molar-refractivity contribution in [3.05, 3.63) is 59.2 Å². The summed E-state index contributed by atoms with van der Waals surface area (Å²) in [4.78, 5) is 0. The highest BCUT2D eigenvalue weighted by Crippen LogP contribution is 2.32. The first-order chi connectivity index (χ1) is 10.9. The van der Waals surface area contributed by atoms with Crippen molar-refractivity contribution in [2.45, 2.75) is 19.0 Å². The number of fused-ring (bicyclic) bond motifs is 2. The molecule has 22 heavy (non-hydrogen) atoms. The van der Waals surface area contributed by atoms with Crippen molar-refractivity contribution in [1.82, 2.24) is 10.6 Å². The summed E-state index contributed by atoms with van der Waals surface area (Å²) >= 11 is 0. The number of benzene rings is 2. The van der Waals surface area contributed by atoms with Crippen molar-refractivity contribution in [2.24, 2.45) is 0 Å². The maximum absolute atomic E-state index is 5.42. The summed E-state index contributed by atoms with van der Waals surface area (Å²) in [7, 11) is 0. The van der Waals surface area contributed by atoms with Gasteiger partial charge in [-0.25, -0.2) is 0 Å². The van der Waals surface area contributed by atoms with Gasteiger partial charge in [0.1, 0.15) is 0 Å². The van der Waals surface area contributed by atoms with E-state index in [1.165, 1.54) is 16.7 Å². The van der Waals surface area contributed by atoms with Gasteiger partial charge in [0.15, 0.2) is 11.5 Å². The predicted octanol–water partition coefficient (Wildman–Crippen LogP) is 2.39. The molecular weight excluding hydrogens is 276 g/mol. The molecule has 0 aliphatic carbocycles. The van der Waals surface area contributed by atoms with E-state index in [2.05, 4.69) is 47.0 Å². The van der Waals surface area contributed by atoms with Gasteiger partial charge in [0.05, 0.1) is 0 Å². The summed E-state index contributed by atoms with van der Waals surface area (Å²) in [6, 6.07) is 15.2. The molecule has 2 aromatic rings. The fourth-order valence-electron chi connectivity index (χ4n) is 3.19. The Balaban J connectivity index is 1.38. The van der Waals surface area contributed by atoms with Crippen LogP contribution in [0.5, 0.6) is 11.5 Å². The molecule has 0 saturated heterocycles. The van der Waals surface area contributed by atoms with E-state index in [9.17, 15) is 0 Å². The summed E-state index contributed by atoms with van der Waals surface area (Å²) in [5.74, 6) is 1.69. The molecule has 2 aliphatic heterocycles. The predicted molar refractivity (Wildman–Crippen MR) is 85.2 cm³/mol. The van der Waals surface area contributed by atoms with Gasteiger partial charge in [-0.1, -0.05) is 30.3 Å². The maximum Gasteiger partial charge on any atom is 0.231 e. The fraction of sp³-hybridized carbons (Fsp3) is 0.333. The number of nitrogens with one attached hydrogen (secondary N) is 2. The minimum Gasteiger partial charge on any atom is -0.454 e. The molecule has 114 valence electrons. The van der Waals surface area contributed by atoms with E-state index < -0.39 is 0 Å². The Morgan fingerprint density at radius 1 is 1.09 bits per heavy atom. The van der Waals surface area contributed by atoms with E-state index >= 15 is 0 Å². The van der Waals surface area contributed by atoms with Crippen molar-refractivity contribution in [3.8, 4) is 11.5 Å². The van der Waals surface area contributed by atoms with Crippen molar-refractivity contribution in [3.63, 3.8) is 0 Å². The number of hydrogen-bond donors (Lipinski definition) is 2. The van der Waals surface area contributed by atoms with Gasteiger partial charge in [0.25, 0.3) is 0 Å². The summed E-state index contributed by atoms with van der Waals surface area (Å²) in [5.41, 5.74) is 4.11. The molecule has 2 N–H and O–H groups in total. The van der Waals surface area contributed by atoms with Crippen LogP contribution in [0.4, 0.5) is 0 Å². The van der Waals surface area contributed by atoms with Gasteiger partial charge >= 0.3 is 0 Å². The molecule has 2 aliphatic rings. The van der Waals surface area contributed by atoms with E-state index in [0.29, 0.717) is 12.8 Å². The standard InChI is InChI=1S/C18H20N2O2/c1-2-4-15-14(3-1)7-8-20-16(15)11-19-10-13-5-6-17-18(9-13)22-12-21-17/h1-6,9,16,19-20H,7-8,10-12H2. The van der Waals surface area contributed by atoms with Crippen LogP contribution in [-0.4, -0.2) is 19.9 Å². The van der Waals surface area contributed by atoms with Crippen LogP contribution in [0.25, 0.3) is 0 Å². The topological polar surface area (TPSA) is 42.5 Å². The van der Waals surface area contributed by atoms with E-state index in [0.717, 1.165) is 37.6 Å². The van der Waals surface area contributed by atoms with Crippen molar-refractivity contribution in [1.29, 1.82) is 0 Å². The molecule has 4 nitrogen and oxygen atoms in total. The summed E-state index contributed by atoms with van der Waals surface area (Å²) in [6.45, 7) is 3.13. The number of rotatable bonds is 4. The zero-order chi connectivity index (χ0) is 14.8. The minimum atomic E-state index is 0.328. The fourth-order valence-corrected chi connectivity index (χ4v) is 3.19. The Morgan fingerprint density at radius 2 is 2.00 bits per heavy atom. The Labute approximate surface area is 130 Å². The Kier molecular flexibility index (Phi) is 3.70.